The Bertz CT molecular complexity index is 677. The van der Waals surface area contributed by atoms with Crippen molar-refractivity contribution in [3.05, 3.63) is 52.0 Å². The normalized spacial score (nSPS) is 10.1. The number of aryl methyl sites for hydroxylation is 1. The molecule has 0 heterocycles. The van der Waals surface area contributed by atoms with Crippen molar-refractivity contribution in [3.63, 3.8) is 0 Å². The second-order valence-electron chi connectivity index (χ2n) is 4.39. The van der Waals surface area contributed by atoms with Crippen LogP contribution in [0, 0.1) is 6.92 Å². The van der Waals surface area contributed by atoms with E-state index in [2.05, 4.69) is 10.6 Å². The summed E-state index contributed by atoms with van der Waals surface area (Å²) >= 11 is 17.3. The minimum absolute atomic E-state index is 0.426. The summed E-state index contributed by atoms with van der Waals surface area (Å²) in [4.78, 5) is 0. The first-order valence-corrected chi connectivity index (χ1v) is 7.33. The van der Waals surface area contributed by atoms with Crippen LogP contribution in [-0.4, -0.2) is 12.2 Å². The van der Waals surface area contributed by atoms with E-state index in [9.17, 15) is 0 Å². The van der Waals surface area contributed by atoms with Crippen LogP contribution >= 0.6 is 35.4 Å². The molecule has 2 N–H and O–H groups in total. The van der Waals surface area contributed by atoms with E-state index in [0.29, 0.717) is 26.6 Å². The van der Waals surface area contributed by atoms with Crippen LogP contribution in [0.1, 0.15) is 5.56 Å². The van der Waals surface area contributed by atoms with E-state index in [1.54, 1.807) is 25.3 Å². The van der Waals surface area contributed by atoms with Crippen LogP contribution in [0.15, 0.2) is 36.4 Å². The topological polar surface area (TPSA) is 33.3 Å². The molecule has 0 atom stereocenters. The summed E-state index contributed by atoms with van der Waals surface area (Å²) in [5.41, 5.74) is 2.52. The third-order valence-electron chi connectivity index (χ3n) is 2.84. The largest absolute Gasteiger partial charge is 0.495 e. The van der Waals surface area contributed by atoms with Gasteiger partial charge in [-0.15, -0.1) is 0 Å². The summed E-state index contributed by atoms with van der Waals surface area (Å²) in [5.74, 6) is 0.658. The number of nitrogens with one attached hydrogen (secondary N) is 2. The van der Waals surface area contributed by atoms with Gasteiger partial charge in [0.15, 0.2) is 5.11 Å². The van der Waals surface area contributed by atoms with Gasteiger partial charge in [-0.25, -0.2) is 0 Å². The molecule has 6 heteroatoms. The summed E-state index contributed by atoms with van der Waals surface area (Å²) < 4.78 is 5.26. The van der Waals surface area contributed by atoms with Crippen LogP contribution in [0.5, 0.6) is 5.75 Å². The molecule has 0 fully saturated rings. The first kappa shape index (κ1) is 15.9. The van der Waals surface area contributed by atoms with Crippen LogP contribution in [0.25, 0.3) is 0 Å². The van der Waals surface area contributed by atoms with Gasteiger partial charge in [0, 0.05) is 15.7 Å². The molecule has 3 nitrogen and oxygen atoms in total. The van der Waals surface area contributed by atoms with E-state index in [1.807, 2.05) is 25.1 Å². The van der Waals surface area contributed by atoms with Gasteiger partial charge in [0.05, 0.1) is 12.8 Å². The molecule has 0 saturated carbocycles. The van der Waals surface area contributed by atoms with Gasteiger partial charge in [-0.2, -0.15) is 0 Å². The Balaban J connectivity index is 2.11. The van der Waals surface area contributed by atoms with Crippen LogP contribution in [0.4, 0.5) is 11.4 Å². The molecule has 0 unspecified atom stereocenters. The zero-order chi connectivity index (χ0) is 15.4. The molecule has 21 heavy (non-hydrogen) atoms. The summed E-state index contributed by atoms with van der Waals surface area (Å²) in [6.45, 7) is 1.94. The van der Waals surface area contributed by atoms with Gasteiger partial charge in [-0.3, -0.25) is 0 Å². The van der Waals surface area contributed by atoms with Crippen molar-refractivity contribution in [2.75, 3.05) is 17.7 Å². The minimum Gasteiger partial charge on any atom is -0.495 e. The summed E-state index contributed by atoms with van der Waals surface area (Å²) in [6, 6.07) is 10.9. The van der Waals surface area contributed by atoms with E-state index in [4.69, 9.17) is 40.2 Å². The average molecular weight is 341 g/mol. The fourth-order valence-corrected chi connectivity index (χ4v) is 2.31. The maximum absolute atomic E-state index is 6.08. The standard InChI is InChI=1S/C15H14Cl2N2OS/c1-9-3-5-11(8-12(9)17)18-15(21)19-13-7-10(16)4-6-14(13)20-2/h3-8H,1-2H3,(H2,18,19,21). The number of thiocarbonyl (C=S) groups is 1. The monoisotopic (exact) mass is 340 g/mol. The van der Waals surface area contributed by atoms with E-state index < -0.39 is 0 Å². The molecule has 2 rings (SSSR count). The first-order valence-electron chi connectivity index (χ1n) is 6.17. The van der Waals surface area contributed by atoms with E-state index in [0.717, 1.165) is 11.3 Å². The lowest BCUT2D eigenvalue weighted by Gasteiger charge is -2.14. The van der Waals surface area contributed by atoms with Gasteiger partial charge >= 0.3 is 0 Å². The van der Waals surface area contributed by atoms with Gasteiger partial charge < -0.3 is 15.4 Å². The molecule has 0 aliphatic heterocycles. The molecule has 0 amide bonds. The first-order chi connectivity index (χ1) is 9.99. The van der Waals surface area contributed by atoms with Gasteiger partial charge in [0.25, 0.3) is 0 Å². The highest BCUT2D eigenvalue weighted by Gasteiger charge is 2.06. The third kappa shape index (κ3) is 4.24. The molecular formula is C15H14Cl2N2OS. The SMILES string of the molecule is COc1ccc(Cl)cc1NC(=S)Nc1ccc(C)c(Cl)c1. The van der Waals surface area contributed by atoms with Crippen molar-refractivity contribution in [3.8, 4) is 5.75 Å². The van der Waals surface area contributed by atoms with E-state index >= 15 is 0 Å². The molecule has 0 bridgehead atoms. The molecule has 0 aliphatic carbocycles. The van der Waals surface area contributed by atoms with Gasteiger partial charge in [0.1, 0.15) is 5.75 Å². The second kappa shape index (κ2) is 6.98. The molecular weight excluding hydrogens is 327 g/mol. The molecule has 2 aromatic carbocycles. The van der Waals surface area contributed by atoms with Crippen LogP contribution in [-0.2, 0) is 0 Å². The smallest absolute Gasteiger partial charge is 0.175 e. The van der Waals surface area contributed by atoms with Crippen molar-refractivity contribution in [1.82, 2.24) is 0 Å². The number of anilines is 2. The zero-order valence-electron chi connectivity index (χ0n) is 11.5. The Morgan fingerprint density at radius 2 is 1.86 bits per heavy atom. The van der Waals surface area contributed by atoms with Crippen molar-refractivity contribution < 1.29 is 4.74 Å². The lowest BCUT2D eigenvalue weighted by atomic mass is 10.2. The second-order valence-corrected chi connectivity index (χ2v) is 5.64. The Labute approximate surface area is 139 Å². The lowest BCUT2D eigenvalue weighted by molar-refractivity contribution is 0.417. The van der Waals surface area contributed by atoms with Crippen molar-refractivity contribution >= 4 is 51.9 Å². The highest BCUT2D eigenvalue weighted by molar-refractivity contribution is 7.80. The van der Waals surface area contributed by atoms with Crippen LogP contribution in [0.3, 0.4) is 0 Å². The fourth-order valence-electron chi connectivity index (χ4n) is 1.73. The zero-order valence-corrected chi connectivity index (χ0v) is 13.9. The maximum atomic E-state index is 6.08. The molecule has 0 radical (unpaired) electrons. The number of hydrogen-bond donors (Lipinski definition) is 2. The lowest BCUT2D eigenvalue weighted by Crippen LogP contribution is -2.19. The van der Waals surface area contributed by atoms with E-state index in [-0.39, 0.29) is 0 Å². The van der Waals surface area contributed by atoms with Crippen molar-refractivity contribution in [2.45, 2.75) is 6.92 Å². The van der Waals surface area contributed by atoms with Crippen LogP contribution in [0.2, 0.25) is 10.0 Å². The van der Waals surface area contributed by atoms with Gasteiger partial charge in [-0.05, 0) is 55.0 Å². The Morgan fingerprint density at radius 1 is 1.10 bits per heavy atom. The molecule has 0 spiro atoms. The highest BCUT2D eigenvalue weighted by atomic mass is 35.5. The van der Waals surface area contributed by atoms with Crippen LogP contribution < -0.4 is 15.4 Å². The van der Waals surface area contributed by atoms with Gasteiger partial charge in [-0.1, -0.05) is 29.3 Å². The predicted molar refractivity (Wildman–Crippen MR) is 94.0 cm³/mol. The average Bonchev–Trinajstić information content (AvgIpc) is 2.43. The fraction of sp³-hybridized carbons (Fsp3) is 0.133. The van der Waals surface area contributed by atoms with E-state index in [1.165, 1.54) is 0 Å². The molecule has 2 aromatic rings. The molecule has 0 aromatic heterocycles. The number of rotatable bonds is 3. The maximum Gasteiger partial charge on any atom is 0.175 e. The number of hydrogen-bond acceptors (Lipinski definition) is 2. The molecule has 0 saturated heterocycles. The van der Waals surface area contributed by atoms with Crippen molar-refractivity contribution in [2.24, 2.45) is 0 Å². The summed E-state index contributed by atoms with van der Waals surface area (Å²) in [6.07, 6.45) is 0. The number of methoxy groups -OCH3 is 1. The summed E-state index contributed by atoms with van der Waals surface area (Å²) in [5, 5.41) is 7.83. The Kier molecular flexibility index (Phi) is 5.28. The highest BCUT2D eigenvalue weighted by Crippen LogP contribution is 2.28. The minimum atomic E-state index is 0.426. The Hall–Kier alpha value is -1.49. The van der Waals surface area contributed by atoms with Gasteiger partial charge in [0.2, 0.25) is 0 Å². The summed E-state index contributed by atoms with van der Waals surface area (Å²) in [7, 11) is 1.59. The quantitative estimate of drug-likeness (QED) is 0.759. The number of benzene rings is 2. The third-order valence-corrected chi connectivity index (χ3v) is 3.69. The number of ether oxygens (including phenoxy) is 1. The number of halogens is 2. The van der Waals surface area contributed by atoms with Crippen molar-refractivity contribution in [1.29, 1.82) is 0 Å². The molecule has 110 valence electrons. The molecule has 0 aliphatic rings. The Morgan fingerprint density at radius 3 is 2.52 bits per heavy atom. The predicted octanol–water partition coefficient (Wildman–Crippen LogP) is 5.12.